The first-order valence-corrected chi connectivity index (χ1v) is 6.53. The van der Waals surface area contributed by atoms with Crippen molar-refractivity contribution in [1.29, 1.82) is 0 Å². The molecule has 0 aliphatic rings. The van der Waals surface area contributed by atoms with Gasteiger partial charge >= 0.3 is 5.97 Å². The van der Waals surface area contributed by atoms with Crippen molar-refractivity contribution in [1.82, 2.24) is 15.0 Å². The molecule has 2 rings (SSSR count). The van der Waals surface area contributed by atoms with Crippen molar-refractivity contribution < 1.29 is 9.90 Å². The van der Waals surface area contributed by atoms with Crippen LogP contribution < -0.4 is 0 Å². The van der Waals surface area contributed by atoms with Crippen molar-refractivity contribution in [2.45, 2.75) is 25.8 Å². The van der Waals surface area contributed by atoms with Crippen LogP contribution in [0.25, 0.3) is 11.0 Å². The van der Waals surface area contributed by atoms with Crippen molar-refractivity contribution in [2.24, 2.45) is 0 Å². The van der Waals surface area contributed by atoms with E-state index < -0.39 is 5.97 Å². The highest BCUT2D eigenvalue weighted by molar-refractivity contribution is 7.99. The number of carboxylic acids is 1. The summed E-state index contributed by atoms with van der Waals surface area (Å²) in [4.78, 5) is 24.1. The van der Waals surface area contributed by atoms with Crippen LogP contribution in [0.3, 0.4) is 0 Å². The zero-order valence-electron chi connectivity index (χ0n) is 10.4. The fourth-order valence-electron chi connectivity index (χ4n) is 1.72. The van der Waals surface area contributed by atoms with E-state index in [9.17, 15) is 4.79 Å². The number of thioether (sulfide) groups is 1. The number of fused-ring (bicyclic) bond motifs is 1. The zero-order chi connectivity index (χ0) is 13.3. The molecule has 5 nitrogen and oxygen atoms in total. The monoisotopic (exact) mass is 263 g/mol. The maximum absolute atomic E-state index is 11.2. The fraction of sp³-hybridized carbons (Fsp3) is 0.333. The zero-order valence-corrected chi connectivity index (χ0v) is 11.2. The van der Waals surface area contributed by atoms with E-state index in [1.165, 1.54) is 11.8 Å². The first kappa shape index (κ1) is 12.8. The molecule has 94 valence electrons. The van der Waals surface area contributed by atoms with E-state index in [4.69, 9.17) is 5.11 Å². The van der Waals surface area contributed by atoms with Crippen LogP contribution in [0, 0.1) is 13.8 Å². The number of hydrogen-bond donors (Lipinski definition) is 1. The topological polar surface area (TPSA) is 76.0 Å². The minimum absolute atomic E-state index is 0.0133. The molecule has 0 radical (unpaired) electrons. The molecule has 0 atom stereocenters. The van der Waals surface area contributed by atoms with Gasteiger partial charge in [0.25, 0.3) is 0 Å². The van der Waals surface area contributed by atoms with E-state index in [0.29, 0.717) is 16.1 Å². The molecule has 2 heterocycles. The van der Waals surface area contributed by atoms with Gasteiger partial charge in [0.1, 0.15) is 10.5 Å². The fourth-order valence-corrected chi connectivity index (χ4v) is 2.42. The van der Waals surface area contributed by atoms with Crippen LogP contribution in [0.1, 0.15) is 28.8 Å². The maximum atomic E-state index is 11.2. The summed E-state index contributed by atoms with van der Waals surface area (Å²) in [6.07, 6.45) is 0. The molecule has 18 heavy (non-hydrogen) atoms. The third kappa shape index (κ3) is 2.28. The summed E-state index contributed by atoms with van der Waals surface area (Å²) in [5.41, 5.74) is 2.84. The molecule has 0 bridgehead atoms. The van der Waals surface area contributed by atoms with E-state index >= 15 is 0 Å². The van der Waals surface area contributed by atoms with Crippen molar-refractivity contribution in [2.75, 3.05) is 5.75 Å². The summed E-state index contributed by atoms with van der Waals surface area (Å²) < 4.78 is 0. The van der Waals surface area contributed by atoms with Crippen molar-refractivity contribution in [3.63, 3.8) is 0 Å². The molecule has 0 aliphatic carbocycles. The third-order valence-corrected chi connectivity index (χ3v) is 3.25. The molecule has 1 N–H and O–H groups in total. The minimum atomic E-state index is -1.05. The highest BCUT2D eigenvalue weighted by Gasteiger charge is 2.16. The number of nitrogens with zero attached hydrogens (tertiary/aromatic N) is 3. The van der Waals surface area contributed by atoms with E-state index in [0.717, 1.165) is 17.1 Å². The SMILES string of the molecule is CCSc1nc2c(C)nc(C)cc2nc1C(=O)O. The molecule has 2 aromatic heterocycles. The lowest BCUT2D eigenvalue weighted by Crippen LogP contribution is -2.06. The Kier molecular flexibility index (Phi) is 3.47. The third-order valence-electron chi connectivity index (χ3n) is 2.41. The molecule has 6 heteroatoms. The van der Waals surface area contributed by atoms with E-state index in [-0.39, 0.29) is 5.69 Å². The average Bonchev–Trinajstić information content (AvgIpc) is 2.29. The summed E-state index contributed by atoms with van der Waals surface area (Å²) >= 11 is 1.38. The number of carbonyl (C=O) groups is 1. The van der Waals surface area contributed by atoms with Crippen molar-refractivity contribution >= 4 is 28.8 Å². The molecular weight excluding hydrogens is 250 g/mol. The predicted octanol–water partition coefficient (Wildman–Crippen LogP) is 2.45. The van der Waals surface area contributed by atoms with Crippen LogP contribution in [-0.2, 0) is 0 Å². The molecule has 2 aromatic rings. The van der Waals surface area contributed by atoms with Gasteiger partial charge in [-0.3, -0.25) is 4.98 Å². The van der Waals surface area contributed by atoms with E-state index in [1.807, 2.05) is 20.8 Å². The van der Waals surface area contributed by atoms with E-state index in [1.54, 1.807) is 6.07 Å². The van der Waals surface area contributed by atoms with Gasteiger partial charge in [-0.2, -0.15) is 0 Å². The summed E-state index contributed by atoms with van der Waals surface area (Å²) in [5, 5.41) is 9.61. The summed E-state index contributed by atoms with van der Waals surface area (Å²) in [7, 11) is 0. The molecule has 0 unspecified atom stereocenters. The molecular formula is C12H13N3O2S. The first-order chi connectivity index (χ1) is 8.52. The first-order valence-electron chi connectivity index (χ1n) is 5.55. The van der Waals surface area contributed by atoms with Crippen LogP contribution in [0.4, 0.5) is 0 Å². The number of aromatic nitrogens is 3. The Hall–Kier alpha value is -1.69. The average molecular weight is 263 g/mol. The Labute approximate surface area is 109 Å². The second kappa shape index (κ2) is 4.89. The molecule has 0 aliphatic heterocycles. The lowest BCUT2D eigenvalue weighted by molar-refractivity contribution is 0.0686. The van der Waals surface area contributed by atoms with Crippen molar-refractivity contribution in [3.05, 3.63) is 23.1 Å². The Morgan fingerprint density at radius 2 is 2.06 bits per heavy atom. The number of carboxylic acid groups (broad SMARTS) is 1. The Bertz CT molecular complexity index is 628. The van der Waals surface area contributed by atoms with E-state index in [2.05, 4.69) is 15.0 Å². The van der Waals surface area contributed by atoms with Gasteiger partial charge in [0.05, 0.1) is 11.2 Å². The Morgan fingerprint density at radius 3 is 2.67 bits per heavy atom. The summed E-state index contributed by atoms with van der Waals surface area (Å²) in [6.45, 7) is 5.65. The highest BCUT2D eigenvalue weighted by Crippen LogP contribution is 2.23. The predicted molar refractivity (Wildman–Crippen MR) is 70.2 cm³/mol. The number of rotatable bonds is 3. The van der Waals surface area contributed by atoms with Crippen molar-refractivity contribution in [3.8, 4) is 0 Å². The Morgan fingerprint density at radius 1 is 1.33 bits per heavy atom. The van der Waals surface area contributed by atoms with Gasteiger partial charge in [0.15, 0.2) is 5.69 Å². The minimum Gasteiger partial charge on any atom is -0.476 e. The largest absolute Gasteiger partial charge is 0.476 e. The van der Waals surface area contributed by atoms with Crippen LogP contribution in [0.15, 0.2) is 11.1 Å². The van der Waals surface area contributed by atoms with Crippen LogP contribution in [0.2, 0.25) is 0 Å². The molecule has 0 saturated carbocycles. The molecule has 0 fully saturated rings. The summed E-state index contributed by atoms with van der Waals surface area (Å²) in [5.74, 6) is -0.300. The van der Waals surface area contributed by atoms with Gasteiger partial charge in [-0.15, -0.1) is 11.8 Å². The van der Waals surface area contributed by atoms with Gasteiger partial charge in [0.2, 0.25) is 0 Å². The molecule has 0 amide bonds. The lowest BCUT2D eigenvalue weighted by atomic mass is 10.2. The molecule has 0 spiro atoms. The quantitative estimate of drug-likeness (QED) is 0.857. The summed E-state index contributed by atoms with van der Waals surface area (Å²) in [6, 6.07) is 1.75. The van der Waals surface area contributed by atoms with Crippen LogP contribution in [0.5, 0.6) is 0 Å². The van der Waals surface area contributed by atoms with Gasteiger partial charge in [-0.05, 0) is 25.7 Å². The standard InChI is InChI=1S/C12H13N3O2S/c1-4-18-11-10(12(16)17)14-8-5-6(2)13-7(3)9(8)15-11/h5H,4H2,1-3H3,(H,16,17). The second-order valence-electron chi connectivity index (χ2n) is 3.83. The van der Waals surface area contributed by atoms with Crippen LogP contribution >= 0.6 is 11.8 Å². The molecule has 0 aromatic carbocycles. The lowest BCUT2D eigenvalue weighted by Gasteiger charge is -2.07. The molecule has 0 saturated heterocycles. The van der Waals surface area contributed by atoms with Gasteiger partial charge in [-0.1, -0.05) is 6.92 Å². The highest BCUT2D eigenvalue weighted by atomic mass is 32.2. The number of pyridine rings is 1. The smallest absolute Gasteiger partial charge is 0.357 e. The normalized spacial score (nSPS) is 10.8. The maximum Gasteiger partial charge on any atom is 0.357 e. The van der Waals surface area contributed by atoms with Gasteiger partial charge in [0, 0.05) is 5.69 Å². The van der Waals surface area contributed by atoms with Gasteiger partial charge < -0.3 is 5.11 Å². The second-order valence-corrected chi connectivity index (χ2v) is 5.09. The number of aromatic carboxylic acids is 1. The number of aryl methyl sites for hydroxylation is 2. The Balaban J connectivity index is 2.76. The number of hydrogen-bond acceptors (Lipinski definition) is 5. The van der Waals surface area contributed by atoms with Crippen LogP contribution in [-0.4, -0.2) is 31.8 Å². The van der Waals surface area contributed by atoms with Gasteiger partial charge in [-0.25, -0.2) is 14.8 Å².